The molecule has 1 N–H and O–H groups in total. The highest BCUT2D eigenvalue weighted by Gasteiger charge is 2.09. The van der Waals surface area contributed by atoms with E-state index < -0.39 is 0 Å². The average Bonchev–Trinajstić information content (AvgIpc) is 2.95. The SMILES string of the molecule is COc1ccc(CCc2cc(-c3ccc(Cl)cc3)n(O)n2)cc1. The van der Waals surface area contributed by atoms with E-state index in [2.05, 4.69) is 5.10 Å². The Hall–Kier alpha value is -2.46. The predicted molar refractivity (Wildman–Crippen MR) is 90.3 cm³/mol. The molecule has 0 spiro atoms. The fraction of sp³-hybridized carbons (Fsp3) is 0.167. The molecule has 0 unspecified atom stereocenters. The Balaban J connectivity index is 1.71. The summed E-state index contributed by atoms with van der Waals surface area (Å²) in [5, 5.41) is 14.8. The first-order valence-corrected chi connectivity index (χ1v) is 7.70. The van der Waals surface area contributed by atoms with E-state index in [-0.39, 0.29) is 0 Å². The Morgan fingerprint density at radius 1 is 1.04 bits per heavy atom. The van der Waals surface area contributed by atoms with E-state index in [0.717, 1.165) is 34.7 Å². The van der Waals surface area contributed by atoms with E-state index in [1.54, 1.807) is 19.2 Å². The van der Waals surface area contributed by atoms with Crippen LogP contribution in [0.3, 0.4) is 0 Å². The van der Waals surface area contributed by atoms with Crippen LogP contribution in [-0.4, -0.2) is 22.3 Å². The summed E-state index contributed by atoms with van der Waals surface area (Å²) < 4.78 is 5.15. The molecule has 0 aliphatic carbocycles. The van der Waals surface area contributed by atoms with Crippen LogP contribution in [0.1, 0.15) is 11.3 Å². The second-order valence-corrected chi connectivity index (χ2v) is 5.70. The lowest BCUT2D eigenvalue weighted by molar-refractivity contribution is 0.152. The van der Waals surface area contributed by atoms with Gasteiger partial charge in [-0.15, -0.1) is 9.94 Å². The van der Waals surface area contributed by atoms with Crippen molar-refractivity contribution in [3.63, 3.8) is 0 Å². The number of rotatable bonds is 5. The second kappa shape index (κ2) is 6.75. The van der Waals surface area contributed by atoms with Crippen LogP contribution in [0.25, 0.3) is 11.3 Å². The van der Waals surface area contributed by atoms with Gasteiger partial charge in [-0.05, 0) is 48.7 Å². The Bertz CT molecular complexity index is 780. The highest BCUT2D eigenvalue weighted by Crippen LogP contribution is 2.22. The van der Waals surface area contributed by atoms with Gasteiger partial charge in [-0.2, -0.15) is 0 Å². The molecule has 0 aliphatic rings. The lowest BCUT2D eigenvalue weighted by atomic mass is 10.1. The van der Waals surface area contributed by atoms with Crippen molar-refractivity contribution < 1.29 is 9.94 Å². The van der Waals surface area contributed by atoms with Gasteiger partial charge in [0.15, 0.2) is 0 Å². The Morgan fingerprint density at radius 2 is 1.74 bits per heavy atom. The third kappa shape index (κ3) is 3.66. The number of aryl methyl sites for hydroxylation is 2. The minimum absolute atomic E-state index is 0.659. The second-order valence-electron chi connectivity index (χ2n) is 5.27. The number of nitrogens with zero attached hydrogens (tertiary/aromatic N) is 2. The molecule has 118 valence electrons. The first-order chi connectivity index (χ1) is 11.2. The van der Waals surface area contributed by atoms with Crippen LogP contribution < -0.4 is 4.74 Å². The predicted octanol–water partition coefficient (Wildman–Crippen LogP) is 4.23. The van der Waals surface area contributed by atoms with Crippen molar-refractivity contribution in [3.05, 3.63) is 70.9 Å². The van der Waals surface area contributed by atoms with Gasteiger partial charge in [0, 0.05) is 10.6 Å². The van der Waals surface area contributed by atoms with E-state index in [1.165, 1.54) is 5.56 Å². The van der Waals surface area contributed by atoms with Gasteiger partial charge in [0.25, 0.3) is 0 Å². The van der Waals surface area contributed by atoms with Gasteiger partial charge in [0.2, 0.25) is 0 Å². The summed E-state index contributed by atoms with van der Waals surface area (Å²) >= 11 is 5.89. The van der Waals surface area contributed by atoms with Gasteiger partial charge < -0.3 is 9.94 Å². The molecule has 1 heterocycles. The molecule has 1 aromatic heterocycles. The summed E-state index contributed by atoms with van der Waals surface area (Å²) in [7, 11) is 1.65. The maximum Gasteiger partial charge on any atom is 0.118 e. The Labute approximate surface area is 139 Å². The number of aromatic nitrogens is 2. The van der Waals surface area contributed by atoms with Gasteiger partial charge in [-0.3, -0.25) is 0 Å². The quantitative estimate of drug-likeness (QED) is 0.713. The van der Waals surface area contributed by atoms with Crippen molar-refractivity contribution in [1.29, 1.82) is 0 Å². The van der Waals surface area contributed by atoms with Crippen molar-refractivity contribution in [3.8, 4) is 17.0 Å². The van der Waals surface area contributed by atoms with Crippen molar-refractivity contribution >= 4 is 11.6 Å². The molecule has 0 atom stereocenters. The number of benzene rings is 2. The topological polar surface area (TPSA) is 47.3 Å². The van der Waals surface area contributed by atoms with Crippen molar-refractivity contribution in [2.75, 3.05) is 7.11 Å². The smallest absolute Gasteiger partial charge is 0.118 e. The number of methoxy groups -OCH3 is 1. The molecule has 0 radical (unpaired) electrons. The fourth-order valence-corrected chi connectivity index (χ4v) is 2.55. The number of hydrogen-bond acceptors (Lipinski definition) is 3. The Kier molecular flexibility index (Phi) is 4.53. The van der Waals surface area contributed by atoms with E-state index in [9.17, 15) is 5.21 Å². The molecular formula is C18H17ClN2O2. The molecule has 0 fully saturated rings. The summed E-state index contributed by atoms with van der Waals surface area (Å²) in [4.78, 5) is 0.923. The molecule has 0 bridgehead atoms. The normalized spacial score (nSPS) is 10.7. The van der Waals surface area contributed by atoms with Gasteiger partial charge in [-0.25, -0.2) is 0 Å². The van der Waals surface area contributed by atoms with Crippen LogP contribution in [0.2, 0.25) is 5.02 Å². The maximum atomic E-state index is 9.98. The monoisotopic (exact) mass is 328 g/mol. The summed E-state index contributed by atoms with van der Waals surface area (Å²) in [6.45, 7) is 0. The standard InChI is InChI=1S/C18H17ClN2O2/c1-23-17-10-3-13(4-11-17)2-9-16-12-18(21(22)20-16)14-5-7-15(19)8-6-14/h3-8,10-12,22H,2,9H2,1H3. The van der Waals surface area contributed by atoms with E-state index in [4.69, 9.17) is 16.3 Å². The summed E-state index contributed by atoms with van der Waals surface area (Å²) in [5.74, 6) is 0.846. The average molecular weight is 329 g/mol. The van der Waals surface area contributed by atoms with E-state index >= 15 is 0 Å². The summed E-state index contributed by atoms with van der Waals surface area (Å²) in [6.07, 6.45) is 1.60. The fourth-order valence-electron chi connectivity index (χ4n) is 2.43. The van der Waals surface area contributed by atoms with Crippen LogP contribution in [0, 0.1) is 0 Å². The van der Waals surface area contributed by atoms with Crippen molar-refractivity contribution in [1.82, 2.24) is 9.94 Å². The number of ether oxygens (including phenoxy) is 1. The van der Waals surface area contributed by atoms with E-state index in [1.807, 2.05) is 42.5 Å². The maximum absolute atomic E-state index is 9.98. The molecule has 0 amide bonds. The molecular weight excluding hydrogens is 312 g/mol. The minimum Gasteiger partial charge on any atom is -0.497 e. The van der Waals surface area contributed by atoms with Gasteiger partial charge >= 0.3 is 0 Å². The third-order valence-corrected chi connectivity index (χ3v) is 3.96. The highest BCUT2D eigenvalue weighted by molar-refractivity contribution is 6.30. The van der Waals surface area contributed by atoms with Crippen molar-refractivity contribution in [2.45, 2.75) is 12.8 Å². The number of hydrogen-bond donors (Lipinski definition) is 1. The van der Waals surface area contributed by atoms with Crippen LogP contribution in [0.4, 0.5) is 0 Å². The Morgan fingerprint density at radius 3 is 2.39 bits per heavy atom. The zero-order valence-corrected chi connectivity index (χ0v) is 13.5. The van der Waals surface area contributed by atoms with Gasteiger partial charge in [-0.1, -0.05) is 35.9 Å². The zero-order chi connectivity index (χ0) is 16.2. The van der Waals surface area contributed by atoms with Gasteiger partial charge in [0.05, 0.1) is 12.8 Å². The number of halogens is 1. The first-order valence-electron chi connectivity index (χ1n) is 7.33. The van der Waals surface area contributed by atoms with Crippen LogP contribution in [-0.2, 0) is 12.8 Å². The summed E-state index contributed by atoms with van der Waals surface area (Å²) in [6, 6.07) is 17.2. The molecule has 3 rings (SSSR count). The van der Waals surface area contributed by atoms with Gasteiger partial charge in [0.1, 0.15) is 11.4 Å². The minimum atomic E-state index is 0.659. The molecule has 0 aliphatic heterocycles. The molecule has 0 saturated heterocycles. The van der Waals surface area contributed by atoms with Crippen LogP contribution >= 0.6 is 11.6 Å². The lowest BCUT2D eigenvalue weighted by Crippen LogP contribution is -1.97. The zero-order valence-electron chi connectivity index (χ0n) is 12.7. The van der Waals surface area contributed by atoms with E-state index in [0.29, 0.717) is 10.7 Å². The highest BCUT2D eigenvalue weighted by atomic mass is 35.5. The molecule has 5 heteroatoms. The molecule has 2 aromatic carbocycles. The molecule has 0 saturated carbocycles. The largest absolute Gasteiger partial charge is 0.497 e. The molecule has 4 nitrogen and oxygen atoms in total. The molecule has 3 aromatic rings. The lowest BCUT2D eigenvalue weighted by Gasteiger charge is -2.02. The van der Waals surface area contributed by atoms with Crippen LogP contribution in [0.15, 0.2) is 54.6 Å². The van der Waals surface area contributed by atoms with Crippen molar-refractivity contribution in [2.24, 2.45) is 0 Å². The molecule has 23 heavy (non-hydrogen) atoms. The summed E-state index contributed by atoms with van der Waals surface area (Å²) in [5.41, 5.74) is 3.58. The third-order valence-electron chi connectivity index (χ3n) is 3.71. The van der Waals surface area contributed by atoms with Crippen LogP contribution in [0.5, 0.6) is 5.75 Å². The first kappa shape index (κ1) is 15.4.